The van der Waals surface area contributed by atoms with E-state index in [0.29, 0.717) is 25.5 Å². The summed E-state index contributed by atoms with van der Waals surface area (Å²) in [6, 6.07) is 9.81. The number of rotatable bonds is 3. The van der Waals surface area contributed by atoms with E-state index < -0.39 is 0 Å². The van der Waals surface area contributed by atoms with E-state index in [1.54, 1.807) is 15.8 Å². The van der Waals surface area contributed by atoms with Gasteiger partial charge in [-0.3, -0.25) is 5.32 Å². The van der Waals surface area contributed by atoms with Gasteiger partial charge in [0.25, 0.3) is 0 Å². The number of urea groups is 1. The molecule has 1 fully saturated rings. The molecule has 128 valence electrons. The van der Waals surface area contributed by atoms with Gasteiger partial charge in [-0.25, -0.2) is 9.48 Å². The number of aromatic nitrogens is 3. The standard InChI is InChI=1S/C17H23N5O2/c1-13-9-21(12-17(2,3)24-13)16(23)18-15-11-22(20-19-15)10-14-7-5-4-6-8-14/h4-8,11,13H,9-10,12H2,1-3H3,(H,18,23). The number of hydrogen-bond acceptors (Lipinski definition) is 4. The fourth-order valence-corrected chi connectivity index (χ4v) is 3.00. The van der Waals surface area contributed by atoms with Crippen molar-refractivity contribution in [1.29, 1.82) is 0 Å². The van der Waals surface area contributed by atoms with Crippen molar-refractivity contribution in [3.8, 4) is 0 Å². The Morgan fingerprint density at radius 1 is 1.38 bits per heavy atom. The van der Waals surface area contributed by atoms with E-state index in [-0.39, 0.29) is 17.7 Å². The van der Waals surface area contributed by atoms with Crippen molar-refractivity contribution in [3.63, 3.8) is 0 Å². The first-order valence-electron chi connectivity index (χ1n) is 8.09. The minimum absolute atomic E-state index is 0.00765. The lowest BCUT2D eigenvalue weighted by Gasteiger charge is -2.41. The highest BCUT2D eigenvalue weighted by molar-refractivity contribution is 5.88. The first-order valence-corrected chi connectivity index (χ1v) is 8.09. The van der Waals surface area contributed by atoms with Crippen LogP contribution in [-0.4, -0.2) is 50.7 Å². The lowest BCUT2D eigenvalue weighted by atomic mass is 10.1. The molecule has 0 bridgehead atoms. The maximum absolute atomic E-state index is 12.5. The van der Waals surface area contributed by atoms with E-state index in [1.165, 1.54) is 0 Å². The van der Waals surface area contributed by atoms with E-state index in [4.69, 9.17) is 4.74 Å². The van der Waals surface area contributed by atoms with Crippen LogP contribution in [0.25, 0.3) is 0 Å². The molecule has 1 N–H and O–H groups in total. The molecule has 1 saturated heterocycles. The van der Waals surface area contributed by atoms with Crippen LogP contribution in [0, 0.1) is 0 Å². The highest BCUT2D eigenvalue weighted by Gasteiger charge is 2.33. The number of amides is 2. The van der Waals surface area contributed by atoms with Gasteiger partial charge in [0.2, 0.25) is 0 Å². The van der Waals surface area contributed by atoms with Crippen LogP contribution in [0.15, 0.2) is 36.5 Å². The molecule has 2 amide bonds. The fourth-order valence-electron chi connectivity index (χ4n) is 3.00. The van der Waals surface area contributed by atoms with Gasteiger partial charge in [-0.15, -0.1) is 5.10 Å². The van der Waals surface area contributed by atoms with Crippen LogP contribution in [0.1, 0.15) is 26.3 Å². The summed E-state index contributed by atoms with van der Waals surface area (Å²) in [4.78, 5) is 14.2. The Morgan fingerprint density at radius 2 is 2.12 bits per heavy atom. The van der Waals surface area contributed by atoms with Crippen LogP contribution in [0.3, 0.4) is 0 Å². The molecule has 0 aliphatic carbocycles. The van der Waals surface area contributed by atoms with Crippen molar-refractivity contribution in [1.82, 2.24) is 19.9 Å². The molecule has 2 heterocycles. The third-order valence-electron chi connectivity index (χ3n) is 3.82. The lowest BCUT2D eigenvalue weighted by molar-refractivity contribution is -0.116. The molecular formula is C17H23N5O2. The average Bonchev–Trinajstić information content (AvgIpc) is 2.93. The van der Waals surface area contributed by atoms with Crippen LogP contribution in [0.4, 0.5) is 10.6 Å². The molecule has 0 spiro atoms. The third-order valence-corrected chi connectivity index (χ3v) is 3.82. The summed E-state index contributed by atoms with van der Waals surface area (Å²) in [7, 11) is 0. The first kappa shape index (κ1) is 16.4. The molecule has 1 aromatic carbocycles. The predicted molar refractivity (Wildman–Crippen MR) is 90.8 cm³/mol. The summed E-state index contributed by atoms with van der Waals surface area (Å²) in [5.74, 6) is 0.452. The highest BCUT2D eigenvalue weighted by atomic mass is 16.5. The molecule has 1 aromatic heterocycles. The number of morpholine rings is 1. The summed E-state index contributed by atoms with van der Waals surface area (Å²) >= 11 is 0. The quantitative estimate of drug-likeness (QED) is 0.938. The number of carbonyl (C=O) groups excluding carboxylic acids is 1. The van der Waals surface area contributed by atoms with Crippen LogP contribution >= 0.6 is 0 Å². The molecule has 7 nitrogen and oxygen atoms in total. The summed E-state index contributed by atoms with van der Waals surface area (Å²) in [5.41, 5.74) is 0.781. The average molecular weight is 329 g/mol. The molecule has 3 rings (SSSR count). The Labute approximate surface area is 141 Å². The first-order chi connectivity index (χ1) is 11.4. The van der Waals surface area contributed by atoms with Gasteiger partial charge in [-0.2, -0.15) is 0 Å². The zero-order chi connectivity index (χ0) is 17.2. The molecule has 2 aromatic rings. The van der Waals surface area contributed by atoms with Gasteiger partial charge in [0.15, 0.2) is 5.82 Å². The minimum Gasteiger partial charge on any atom is -0.369 e. The van der Waals surface area contributed by atoms with Crippen LogP contribution < -0.4 is 5.32 Å². The Bertz CT molecular complexity index is 698. The number of hydrogen-bond donors (Lipinski definition) is 1. The van der Waals surface area contributed by atoms with Crippen molar-refractivity contribution in [2.45, 2.75) is 39.0 Å². The van der Waals surface area contributed by atoms with Gasteiger partial charge >= 0.3 is 6.03 Å². The van der Waals surface area contributed by atoms with E-state index in [0.717, 1.165) is 5.56 Å². The predicted octanol–water partition coefficient (Wildman–Crippen LogP) is 2.36. The third kappa shape index (κ3) is 4.11. The number of carbonyl (C=O) groups is 1. The minimum atomic E-state index is -0.347. The number of ether oxygens (including phenoxy) is 1. The number of anilines is 1. The maximum Gasteiger partial charge on any atom is 0.323 e. The van der Waals surface area contributed by atoms with Gasteiger partial charge in [0, 0.05) is 6.54 Å². The normalized spacial score (nSPS) is 20.0. The molecule has 7 heteroatoms. The molecule has 0 saturated carbocycles. The van der Waals surface area contributed by atoms with Gasteiger partial charge in [-0.1, -0.05) is 35.5 Å². The second kappa shape index (κ2) is 6.60. The summed E-state index contributed by atoms with van der Waals surface area (Å²) in [6.45, 7) is 7.66. The number of nitrogens with one attached hydrogen (secondary N) is 1. The van der Waals surface area contributed by atoms with Crippen molar-refractivity contribution >= 4 is 11.8 Å². The van der Waals surface area contributed by atoms with Gasteiger partial charge < -0.3 is 9.64 Å². The van der Waals surface area contributed by atoms with E-state index in [2.05, 4.69) is 15.6 Å². The smallest absolute Gasteiger partial charge is 0.323 e. The zero-order valence-electron chi connectivity index (χ0n) is 14.3. The lowest BCUT2D eigenvalue weighted by Crippen LogP contribution is -2.54. The second-order valence-electron chi connectivity index (χ2n) is 6.79. The zero-order valence-corrected chi connectivity index (χ0v) is 14.3. The molecule has 1 atom stereocenters. The van der Waals surface area contributed by atoms with E-state index in [1.807, 2.05) is 51.1 Å². The Hall–Kier alpha value is -2.41. The SMILES string of the molecule is CC1CN(C(=O)Nc2cn(Cc3ccccc3)nn2)CC(C)(C)O1. The molecule has 1 aliphatic heterocycles. The second-order valence-corrected chi connectivity index (χ2v) is 6.79. The van der Waals surface area contributed by atoms with Gasteiger partial charge in [0.1, 0.15) is 0 Å². The Morgan fingerprint density at radius 3 is 2.83 bits per heavy atom. The fraction of sp³-hybridized carbons (Fsp3) is 0.471. The molecule has 1 aliphatic rings. The number of benzene rings is 1. The highest BCUT2D eigenvalue weighted by Crippen LogP contribution is 2.21. The Kier molecular flexibility index (Phi) is 4.53. The molecule has 0 radical (unpaired) electrons. The van der Waals surface area contributed by atoms with E-state index in [9.17, 15) is 4.79 Å². The summed E-state index contributed by atoms with van der Waals surface area (Å²) in [6.07, 6.45) is 1.74. The van der Waals surface area contributed by atoms with Crippen LogP contribution in [-0.2, 0) is 11.3 Å². The van der Waals surface area contributed by atoms with Crippen molar-refractivity contribution in [3.05, 3.63) is 42.1 Å². The summed E-state index contributed by atoms with van der Waals surface area (Å²) < 4.78 is 7.53. The molecule has 24 heavy (non-hydrogen) atoms. The van der Waals surface area contributed by atoms with Crippen LogP contribution in [0.2, 0.25) is 0 Å². The number of nitrogens with zero attached hydrogens (tertiary/aromatic N) is 4. The molecule has 1 unspecified atom stereocenters. The largest absolute Gasteiger partial charge is 0.369 e. The van der Waals surface area contributed by atoms with Crippen molar-refractivity contribution < 1.29 is 9.53 Å². The van der Waals surface area contributed by atoms with Gasteiger partial charge in [-0.05, 0) is 26.3 Å². The van der Waals surface area contributed by atoms with Crippen LogP contribution in [0.5, 0.6) is 0 Å². The monoisotopic (exact) mass is 329 g/mol. The van der Waals surface area contributed by atoms with Gasteiger partial charge in [0.05, 0.1) is 31.0 Å². The van der Waals surface area contributed by atoms with Crippen molar-refractivity contribution in [2.75, 3.05) is 18.4 Å². The van der Waals surface area contributed by atoms with Crippen molar-refractivity contribution in [2.24, 2.45) is 0 Å². The topological polar surface area (TPSA) is 72.3 Å². The maximum atomic E-state index is 12.5. The molecular weight excluding hydrogens is 306 g/mol. The van der Waals surface area contributed by atoms with E-state index >= 15 is 0 Å². The Balaban J connectivity index is 1.61. The summed E-state index contributed by atoms with van der Waals surface area (Å²) in [5, 5.41) is 10.9.